The van der Waals surface area contributed by atoms with Crippen LogP contribution in [0.5, 0.6) is 0 Å². The molecule has 140 valence electrons. The molecule has 0 saturated carbocycles. The van der Waals surface area contributed by atoms with Crippen LogP contribution in [0.4, 0.5) is 5.69 Å². The molecule has 0 spiro atoms. The number of benzene rings is 1. The summed E-state index contributed by atoms with van der Waals surface area (Å²) in [6.45, 7) is 5.75. The maximum Gasteiger partial charge on any atom is 0.232 e. The molecule has 3 rings (SSSR count). The van der Waals surface area contributed by atoms with Crippen molar-refractivity contribution in [1.82, 2.24) is 15.1 Å². The Morgan fingerprint density at radius 3 is 2.77 bits per heavy atom. The quantitative estimate of drug-likeness (QED) is 0.833. The van der Waals surface area contributed by atoms with Crippen molar-refractivity contribution in [2.45, 2.75) is 13.3 Å². The maximum atomic E-state index is 12.4. The number of nitrogens with zero attached hydrogens (tertiary/aromatic N) is 3. The van der Waals surface area contributed by atoms with Gasteiger partial charge >= 0.3 is 0 Å². The van der Waals surface area contributed by atoms with Crippen molar-refractivity contribution in [2.24, 2.45) is 10.9 Å². The number of hydrogen-bond donors (Lipinski definition) is 2. The SMILES string of the molecule is Cc1c(Cl)cccc1NC(=O)CC1CN=C(N2CCN(C)CC2)NC1=O. The average Bonchev–Trinajstić information content (AvgIpc) is 2.61. The minimum absolute atomic E-state index is 0.0945. The summed E-state index contributed by atoms with van der Waals surface area (Å²) in [5.41, 5.74) is 1.48. The van der Waals surface area contributed by atoms with Crippen LogP contribution in [0.1, 0.15) is 12.0 Å². The van der Waals surface area contributed by atoms with E-state index in [0.717, 1.165) is 31.7 Å². The lowest BCUT2D eigenvalue weighted by molar-refractivity contribution is -0.127. The van der Waals surface area contributed by atoms with E-state index in [4.69, 9.17) is 11.6 Å². The molecule has 1 atom stereocenters. The Hall–Kier alpha value is -2.12. The maximum absolute atomic E-state index is 12.4. The topological polar surface area (TPSA) is 77.0 Å². The fourth-order valence-corrected chi connectivity index (χ4v) is 3.23. The Bertz CT molecular complexity index is 728. The fraction of sp³-hybridized carbons (Fsp3) is 0.500. The highest BCUT2D eigenvalue weighted by molar-refractivity contribution is 6.31. The molecule has 0 bridgehead atoms. The van der Waals surface area contributed by atoms with Gasteiger partial charge in [-0.25, -0.2) is 0 Å². The number of carbonyl (C=O) groups excluding carboxylic acids is 2. The van der Waals surface area contributed by atoms with Gasteiger partial charge in [-0.15, -0.1) is 0 Å². The molecule has 8 heteroatoms. The Balaban J connectivity index is 1.56. The smallest absolute Gasteiger partial charge is 0.232 e. The zero-order chi connectivity index (χ0) is 18.7. The minimum Gasteiger partial charge on any atom is -0.340 e. The first-order valence-electron chi connectivity index (χ1n) is 8.78. The summed E-state index contributed by atoms with van der Waals surface area (Å²) in [7, 11) is 2.08. The van der Waals surface area contributed by atoms with Crippen LogP contribution in [0.2, 0.25) is 5.02 Å². The number of nitrogens with one attached hydrogen (secondary N) is 2. The minimum atomic E-state index is -0.453. The van der Waals surface area contributed by atoms with E-state index in [2.05, 4.69) is 32.5 Å². The third-order valence-electron chi connectivity index (χ3n) is 4.84. The van der Waals surface area contributed by atoms with Gasteiger partial charge in [-0.3, -0.25) is 19.9 Å². The van der Waals surface area contributed by atoms with E-state index in [-0.39, 0.29) is 18.2 Å². The number of anilines is 1. The standard InChI is InChI=1S/C18H24ClN5O2/c1-12-14(19)4-3-5-15(12)21-16(25)10-13-11-20-18(22-17(13)26)24-8-6-23(2)7-9-24/h3-5,13H,6-11H2,1-2H3,(H,21,25)(H,20,22,26). The highest BCUT2D eigenvalue weighted by Crippen LogP contribution is 2.23. The number of guanidine groups is 1. The van der Waals surface area contributed by atoms with Gasteiger partial charge in [0.15, 0.2) is 0 Å². The molecule has 1 saturated heterocycles. The normalized spacial score (nSPS) is 21.2. The molecule has 26 heavy (non-hydrogen) atoms. The van der Waals surface area contributed by atoms with Gasteiger partial charge in [0.2, 0.25) is 17.8 Å². The monoisotopic (exact) mass is 377 g/mol. The number of carbonyl (C=O) groups is 2. The van der Waals surface area contributed by atoms with Crippen LogP contribution in [0.15, 0.2) is 23.2 Å². The molecular weight excluding hydrogens is 354 g/mol. The number of amides is 2. The van der Waals surface area contributed by atoms with E-state index in [1.807, 2.05) is 6.92 Å². The van der Waals surface area contributed by atoms with Gasteiger partial charge in [-0.05, 0) is 31.7 Å². The van der Waals surface area contributed by atoms with Crippen LogP contribution >= 0.6 is 11.6 Å². The Labute approximate surface area is 158 Å². The van der Waals surface area contributed by atoms with Crippen molar-refractivity contribution in [3.8, 4) is 0 Å². The van der Waals surface area contributed by atoms with Gasteiger partial charge in [-0.1, -0.05) is 17.7 Å². The molecule has 2 N–H and O–H groups in total. The number of rotatable bonds is 3. The van der Waals surface area contributed by atoms with Crippen molar-refractivity contribution in [1.29, 1.82) is 0 Å². The molecule has 7 nitrogen and oxygen atoms in total. The van der Waals surface area contributed by atoms with E-state index in [9.17, 15) is 9.59 Å². The highest BCUT2D eigenvalue weighted by atomic mass is 35.5. The summed E-state index contributed by atoms with van der Waals surface area (Å²) in [4.78, 5) is 33.5. The second-order valence-corrected chi connectivity index (χ2v) is 7.21. The van der Waals surface area contributed by atoms with Crippen molar-refractivity contribution in [2.75, 3.05) is 45.1 Å². The number of piperazine rings is 1. The largest absolute Gasteiger partial charge is 0.340 e. The first-order valence-corrected chi connectivity index (χ1v) is 9.15. The van der Waals surface area contributed by atoms with Crippen molar-refractivity contribution >= 4 is 35.1 Å². The second kappa shape index (κ2) is 8.05. The van der Waals surface area contributed by atoms with E-state index in [0.29, 0.717) is 23.2 Å². The van der Waals surface area contributed by atoms with Crippen LogP contribution in [0.3, 0.4) is 0 Å². The van der Waals surface area contributed by atoms with Gasteiger partial charge < -0.3 is 15.1 Å². The molecule has 1 aromatic carbocycles. The lowest BCUT2D eigenvalue weighted by Crippen LogP contribution is -2.55. The lowest BCUT2D eigenvalue weighted by atomic mass is 10.0. The summed E-state index contributed by atoms with van der Waals surface area (Å²) in [6, 6.07) is 5.35. The van der Waals surface area contributed by atoms with Crippen molar-refractivity contribution < 1.29 is 9.59 Å². The van der Waals surface area contributed by atoms with Crippen LogP contribution in [-0.4, -0.2) is 67.3 Å². The van der Waals surface area contributed by atoms with Gasteiger partial charge in [0.1, 0.15) is 0 Å². The molecule has 0 aliphatic carbocycles. The summed E-state index contributed by atoms with van der Waals surface area (Å²) in [5.74, 6) is -0.184. The Kier molecular flexibility index (Phi) is 5.78. The van der Waals surface area contributed by atoms with Crippen LogP contribution in [-0.2, 0) is 9.59 Å². The average molecular weight is 378 g/mol. The molecule has 2 aliphatic rings. The van der Waals surface area contributed by atoms with E-state index in [1.165, 1.54) is 0 Å². The molecule has 2 heterocycles. The lowest BCUT2D eigenvalue weighted by Gasteiger charge is -2.36. The van der Waals surface area contributed by atoms with Crippen LogP contribution in [0, 0.1) is 12.8 Å². The molecule has 0 radical (unpaired) electrons. The number of halogens is 1. The van der Waals surface area contributed by atoms with Crippen LogP contribution < -0.4 is 10.6 Å². The van der Waals surface area contributed by atoms with E-state index in [1.54, 1.807) is 18.2 Å². The van der Waals surface area contributed by atoms with Crippen molar-refractivity contribution in [3.63, 3.8) is 0 Å². The zero-order valence-electron chi connectivity index (χ0n) is 15.1. The van der Waals surface area contributed by atoms with Gasteiger partial charge in [0, 0.05) is 43.3 Å². The van der Waals surface area contributed by atoms with Gasteiger partial charge in [-0.2, -0.15) is 0 Å². The molecule has 0 aromatic heterocycles. The Morgan fingerprint density at radius 2 is 2.08 bits per heavy atom. The third kappa shape index (κ3) is 4.34. The molecule has 1 aromatic rings. The predicted octanol–water partition coefficient (Wildman–Crippen LogP) is 1.33. The predicted molar refractivity (Wildman–Crippen MR) is 102 cm³/mol. The fourth-order valence-electron chi connectivity index (χ4n) is 3.05. The summed E-state index contributed by atoms with van der Waals surface area (Å²) in [6.07, 6.45) is 0.0945. The highest BCUT2D eigenvalue weighted by Gasteiger charge is 2.29. The zero-order valence-corrected chi connectivity index (χ0v) is 15.8. The molecule has 1 fully saturated rings. The number of aliphatic imine (C=N–C) groups is 1. The second-order valence-electron chi connectivity index (χ2n) is 6.81. The Morgan fingerprint density at radius 1 is 1.35 bits per heavy atom. The number of hydrogen-bond acceptors (Lipinski definition) is 5. The molecule has 1 unspecified atom stereocenters. The van der Waals surface area contributed by atoms with E-state index < -0.39 is 5.92 Å². The molecular formula is C18H24ClN5O2. The van der Waals surface area contributed by atoms with E-state index >= 15 is 0 Å². The van der Waals surface area contributed by atoms with Gasteiger partial charge in [0.25, 0.3) is 0 Å². The molecule has 2 aliphatic heterocycles. The first kappa shape index (κ1) is 18.7. The summed E-state index contributed by atoms with van der Waals surface area (Å²) < 4.78 is 0. The first-order chi connectivity index (χ1) is 12.4. The van der Waals surface area contributed by atoms with Crippen molar-refractivity contribution in [3.05, 3.63) is 28.8 Å². The summed E-state index contributed by atoms with van der Waals surface area (Å²) >= 11 is 6.07. The van der Waals surface area contributed by atoms with Crippen LogP contribution in [0.25, 0.3) is 0 Å². The van der Waals surface area contributed by atoms with Gasteiger partial charge in [0.05, 0.1) is 12.5 Å². The molecule has 2 amide bonds. The summed E-state index contributed by atoms with van der Waals surface area (Å²) in [5, 5.41) is 6.29. The third-order valence-corrected chi connectivity index (χ3v) is 5.25. The number of likely N-dealkylation sites (N-methyl/N-ethyl adjacent to an activating group) is 1.